The van der Waals surface area contributed by atoms with Crippen LogP contribution in [0.3, 0.4) is 0 Å². The Morgan fingerprint density at radius 2 is 1.92 bits per heavy atom. The van der Waals surface area contributed by atoms with Crippen LogP contribution in [0.1, 0.15) is 13.8 Å². The number of aromatic nitrogens is 2. The summed E-state index contributed by atoms with van der Waals surface area (Å²) >= 11 is 0. The van der Waals surface area contributed by atoms with Gasteiger partial charge in [-0.05, 0) is 36.4 Å². The Morgan fingerprint density at radius 3 is 2.58 bits per heavy atom. The average molecular weight is 322 g/mol. The van der Waals surface area contributed by atoms with E-state index >= 15 is 0 Å². The molecule has 2 aromatic heterocycles. The van der Waals surface area contributed by atoms with Gasteiger partial charge in [0.05, 0.1) is 11.8 Å². The van der Waals surface area contributed by atoms with Gasteiger partial charge < -0.3 is 9.15 Å². The highest BCUT2D eigenvalue weighted by molar-refractivity contribution is 5.81. The van der Waals surface area contributed by atoms with Gasteiger partial charge in [-0.2, -0.15) is 0 Å². The van der Waals surface area contributed by atoms with E-state index in [4.69, 9.17) is 9.15 Å². The molecular formula is C19H18N2O3. The van der Waals surface area contributed by atoms with Gasteiger partial charge in [0.25, 0.3) is 0 Å². The lowest BCUT2D eigenvalue weighted by molar-refractivity contribution is -0.123. The normalized spacial score (nSPS) is 10.8. The molecule has 0 saturated carbocycles. The second kappa shape index (κ2) is 7.08. The highest BCUT2D eigenvalue weighted by atomic mass is 16.5. The standard InChI is InChI=1S/C19H18N2O3/c1-13(2)17(22)12-23-16-7-5-14(6-8-16)18-11-21-19(24-18)15-4-3-9-20-10-15/h3-11,13H,12H2,1-2H3. The molecule has 0 saturated heterocycles. The van der Waals surface area contributed by atoms with Crippen LogP contribution in [0.15, 0.2) is 59.4 Å². The number of carbonyl (C=O) groups excluding carboxylic acids is 1. The van der Waals surface area contributed by atoms with Crippen LogP contribution in [-0.2, 0) is 4.79 Å². The van der Waals surface area contributed by atoms with Gasteiger partial charge in [-0.1, -0.05) is 13.8 Å². The first kappa shape index (κ1) is 15.9. The lowest BCUT2D eigenvalue weighted by Gasteiger charge is -2.07. The SMILES string of the molecule is CC(C)C(=O)COc1ccc(-c2cnc(-c3cccnc3)o2)cc1. The third-order valence-corrected chi connectivity index (χ3v) is 3.58. The van der Waals surface area contributed by atoms with Crippen LogP contribution in [0.4, 0.5) is 0 Å². The molecule has 0 bridgehead atoms. The maximum Gasteiger partial charge on any atom is 0.228 e. The molecule has 2 heterocycles. The second-order valence-corrected chi connectivity index (χ2v) is 5.71. The highest BCUT2D eigenvalue weighted by Gasteiger charge is 2.10. The van der Waals surface area contributed by atoms with Gasteiger partial charge >= 0.3 is 0 Å². The molecule has 1 aromatic carbocycles. The number of carbonyl (C=O) groups is 1. The van der Waals surface area contributed by atoms with E-state index in [9.17, 15) is 4.79 Å². The first-order valence-corrected chi connectivity index (χ1v) is 7.75. The quantitative estimate of drug-likeness (QED) is 0.686. The van der Waals surface area contributed by atoms with Gasteiger partial charge in [0, 0.05) is 23.9 Å². The van der Waals surface area contributed by atoms with Crippen LogP contribution in [0.2, 0.25) is 0 Å². The van der Waals surface area contributed by atoms with Gasteiger partial charge in [-0.25, -0.2) is 4.98 Å². The number of ether oxygens (including phenoxy) is 1. The summed E-state index contributed by atoms with van der Waals surface area (Å²) in [5.41, 5.74) is 1.72. The molecule has 3 aromatic rings. The molecule has 5 nitrogen and oxygen atoms in total. The van der Waals surface area contributed by atoms with Crippen LogP contribution in [0.5, 0.6) is 5.75 Å². The van der Waals surface area contributed by atoms with E-state index in [1.54, 1.807) is 18.6 Å². The van der Waals surface area contributed by atoms with Gasteiger partial charge in [-0.15, -0.1) is 0 Å². The number of Topliss-reactive ketones (excluding diaryl/α,β-unsaturated/α-hetero) is 1. The molecule has 122 valence electrons. The minimum atomic E-state index is -0.0237. The first-order chi connectivity index (χ1) is 11.6. The van der Waals surface area contributed by atoms with Gasteiger partial charge in [0.15, 0.2) is 11.5 Å². The topological polar surface area (TPSA) is 65.2 Å². The monoisotopic (exact) mass is 322 g/mol. The minimum Gasteiger partial charge on any atom is -0.486 e. The zero-order valence-electron chi connectivity index (χ0n) is 13.6. The number of pyridine rings is 1. The Balaban J connectivity index is 1.70. The number of ketones is 1. The fraction of sp³-hybridized carbons (Fsp3) is 0.211. The van der Waals surface area contributed by atoms with E-state index in [1.165, 1.54) is 0 Å². The Kier molecular flexibility index (Phi) is 4.70. The van der Waals surface area contributed by atoms with E-state index in [2.05, 4.69) is 9.97 Å². The molecule has 0 radical (unpaired) electrons. The van der Waals surface area contributed by atoms with Gasteiger partial charge in [-0.3, -0.25) is 9.78 Å². The van der Waals surface area contributed by atoms with E-state index in [0.29, 0.717) is 17.4 Å². The molecule has 0 aliphatic heterocycles. The first-order valence-electron chi connectivity index (χ1n) is 7.75. The fourth-order valence-corrected chi connectivity index (χ4v) is 2.07. The molecule has 0 aliphatic carbocycles. The van der Waals surface area contributed by atoms with Crippen molar-refractivity contribution in [1.82, 2.24) is 9.97 Å². The number of oxazole rings is 1. The molecule has 3 rings (SSSR count). The maximum atomic E-state index is 11.6. The molecule has 0 spiro atoms. The van der Waals surface area contributed by atoms with Crippen LogP contribution in [-0.4, -0.2) is 22.4 Å². The molecule has 0 N–H and O–H groups in total. The Labute approximate surface area is 140 Å². The van der Waals surface area contributed by atoms with Crippen LogP contribution >= 0.6 is 0 Å². The molecule has 0 fully saturated rings. The second-order valence-electron chi connectivity index (χ2n) is 5.71. The van der Waals surface area contributed by atoms with E-state index in [-0.39, 0.29) is 18.3 Å². The zero-order chi connectivity index (χ0) is 16.9. The van der Waals surface area contributed by atoms with Crippen molar-refractivity contribution >= 4 is 5.78 Å². The molecule has 0 atom stereocenters. The largest absolute Gasteiger partial charge is 0.486 e. The summed E-state index contributed by atoms with van der Waals surface area (Å²) in [7, 11) is 0. The van der Waals surface area contributed by atoms with Crippen molar-refractivity contribution in [2.24, 2.45) is 5.92 Å². The molecule has 5 heteroatoms. The molecule has 0 amide bonds. The maximum absolute atomic E-state index is 11.6. The third kappa shape index (κ3) is 3.68. The summed E-state index contributed by atoms with van der Waals surface area (Å²) in [6.07, 6.45) is 5.09. The molecule has 0 unspecified atom stereocenters. The van der Waals surface area contributed by atoms with Crippen molar-refractivity contribution in [3.05, 3.63) is 55.0 Å². The summed E-state index contributed by atoms with van der Waals surface area (Å²) in [6, 6.07) is 11.1. The number of benzene rings is 1. The summed E-state index contributed by atoms with van der Waals surface area (Å²) in [5.74, 6) is 1.90. The van der Waals surface area contributed by atoms with Gasteiger partial charge in [0.1, 0.15) is 12.4 Å². The van der Waals surface area contributed by atoms with E-state index < -0.39 is 0 Å². The molecule has 0 aliphatic rings. The highest BCUT2D eigenvalue weighted by Crippen LogP contribution is 2.27. The van der Waals surface area contributed by atoms with Crippen molar-refractivity contribution in [1.29, 1.82) is 0 Å². The summed E-state index contributed by atoms with van der Waals surface area (Å²) < 4.78 is 11.3. The molecular weight excluding hydrogens is 304 g/mol. The lowest BCUT2D eigenvalue weighted by atomic mass is 10.1. The number of hydrogen-bond donors (Lipinski definition) is 0. The molecule has 24 heavy (non-hydrogen) atoms. The zero-order valence-corrected chi connectivity index (χ0v) is 13.6. The smallest absolute Gasteiger partial charge is 0.228 e. The summed E-state index contributed by atoms with van der Waals surface area (Å²) in [4.78, 5) is 19.9. The minimum absolute atomic E-state index is 0.0237. The predicted octanol–water partition coefficient (Wildman–Crippen LogP) is 4.01. The van der Waals surface area contributed by atoms with Crippen molar-refractivity contribution in [2.45, 2.75) is 13.8 Å². The van der Waals surface area contributed by atoms with Crippen molar-refractivity contribution in [2.75, 3.05) is 6.61 Å². The van der Waals surface area contributed by atoms with Gasteiger partial charge in [0.2, 0.25) is 5.89 Å². The fourth-order valence-electron chi connectivity index (χ4n) is 2.07. The van der Waals surface area contributed by atoms with Crippen LogP contribution in [0, 0.1) is 5.92 Å². The summed E-state index contributed by atoms with van der Waals surface area (Å²) in [5, 5.41) is 0. The Morgan fingerprint density at radius 1 is 1.12 bits per heavy atom. The Bertz CT molecular complexity index is 808. The predicted molar refractivity (Wildman–Crippen MR) is 90.5 cm³/mol. The number of hydrogen-bond acceptors (Lipinski definition) is 5. The average Bonchev–Trinajstić information content (AvgIpc) is 3.11. The number of rotatable bonds is 6. The van der Waals surface area contributed by atoms with Crippen LogP contribution in [0.25, 0.3) is 22.8 Å². The van der Waals surface area contributed by atoms with Crippen molar-refractivity contribution in [3.63, 3.8) is 0 Å². The van der Waals surface area contributed by atoms with E-state index in [1.807, 2.05) is 50.2 Å². The lowest BCUT2D eigenvalue weighted by Crippen LogP contribution is -2.16. The van der Waals surface area contributed by atoms with E-state index in [0.717, 1.165) is 11.1 Å². The van der Waals surface area contributed by atoms with Crippen molar-refractivity contribution < 1.29 is 13.9 Å². The van der Waals surface area contributed by atoms with Crippen LogP contribution < -0.4 is 4.74 Å². The third-order valence-electron chi connectivity index (χ3n) is 3.58. The number of nitrogens with zero attached hydrogens (tertiary/aromatic N) is 2. The Hall–Kier alpha value is -2.95. The summed E-state index contributed by atoms with van der Waals surface area (Å²) in [6.45, 7) is 3.81. The van der Waals surface area contributed by atoms with Crippen molar-refractivity contribution in [3.8, 4) is 28.5 Å².